The summed E-state index contributed by atoms with van der Waals surface area (Å²) in [5.41, 5.74) is 0. The Bertz CT molecular complexity index is 62.0. The van der Waals surface area contributed by atoms with Gasteiger partial charge in [-0.2, -0.15) is 0 Å². The van der Waals surface area contributed by atoms with E-state index in [2.05, 4.69) is 0 Å². The van der Waals surface area contributed by atoms with Gasteiger partial charge in [0, 0.05) is 26.1 Å². The standard InChI is InChI=1S/C6H15NO3/c8-5-1-3-7(10)4-2-6-9/h7-9H,1-6H2. The molecule has 0 heterocycles. The van der Waals surface area contributed by atoms with Crippen LogP contribution < -0.4 is 5.06 Å². The fraction of sp³-hybridized carbons (Fsp3) is 1.00. The molecule has 0 aliphatic carbocycles. The summed E-state index contributed by atoms with van der Waals surface area (Å²) in [7, 11) is 0. The molecule has 62 valence electrons. The first kappa shape index (κ1) is 9.84. The molecule has 4 nitrogen and oxygen atoms in total. The van der Waals surface area contributed by atoms with E-state index in [0.29, 0.717) is 25.9 Å². The van der Waals surface area contributed by atoms with E-state index in [-0.39, 0.29) is 18.3 Å². The summed E-state index contributed by atoms with van der Waals surface area (Å²) >= 11 is 0. The van der Waals surface area contributed by atoms with Crippen LogP contribution in [-0.2, 0) is 0 Å². The van der Waals surface area contributed by atoms with Crippen LogP contribution in [0.3, 0.4) is 0 Å². The van der Waals surface area contributed by atoms with E-state index in [1.807, 2.05) is 0 Å². The number of aliphatic hydroxyl groups is 2. The fourth-order valence-electron chi connectivity index (χ4n) is 0.677. The molecule has 0 aliphatic rings. The van der Waals surface area contributed by atoms with E-state index in [1.165, 1.54) is 0 Å². The molecule has 0 fully saturated rings. The maximum absolute atomic E-state index is 10.7. The molecule has 0 aromatic rings. The van der Waals surface area contributed by atoms with E-state index >= 15 is 0 Å². The molecule has 0 saturated carbocycles. The largest absolute Gasteiger partial charge is 0.634 e. The van der Waals surface area contributed by atoms with Gasteiger partial charge in [-0.1, -0.05) is 0 Å². The van der Waals surface area contributed by atoms with E-state index in [1.54, 1.807) is 0 Å². The molecular formula is C6H15NO3. The molecule has 0 aromatic carbocycles. The van der Waals surface area contributed by atoms with Gasteiger partial charge in [-0.05, 0) is 0 Å². The lowest BCUT2D eigenvalue weighted by Crippen LogP contribution is -3.07. The molecule has 0 amide bonds. The molecule has 0 saturated heterocycles. The zero-order chi connectivity index (χ0) is 7.82. The first-order chi connectivity index (χ1) is 4.81. The number of aliphatic hydroxyl groups excluding tert-OH is 2. The molecule has 0 aliphatic heterocycles. The van der Waals surface area contributed by atoms with E-state index in [4.69, 9.17) is 10.2 Å². The van der Waals surface area contributed by atoms with Crippen molar-refractivity contribution in [2.75, 3.05) is 26.3 Å². The quantitative estimate of drug-likeness (QED) is 0.388. The van der Waals surface area contributed by atoms with Crippen LogP contribution in [0, 0.1) is 5.21 Å². The summed E-state index contributed by atoms with van der Waals surface area (Å²) < 4.78 is 0. The number of hydrogen-bond acceptors (Lipinski definition) is 3. The van der Waals surface area contributed by atoms with Crippen LogP contribution in [0.4, 0.5) is 0 Å². The molecule has 0 bridgehead atoms. The van der Waals surface area contributed by atoms with Gasteiger partial charge in [-0.3, -0.25) is 0 Å². The minimum absolute atomic E-state index is 0.0743. The average Bonchev–Trinajstić information content (AvgIpc) is 1.97. The lowest BCUT2D eigenvalue weighted by Gasteiger charge is -2.20. The SMILES string of the molecule is [O-][NH+](CCCO)CCCO. The molecule has 0 radical (unpaired) electrons. The number of hydroxylamine groups is 2. The summed E-state index contributed by atoms with van der Waals surface area (Å²) in [5, 5.41) is 27.5. The van der Waals surface area contributed by atoms with Gasteiger partial charge in [0.25, 0.3) is 0 Å². The van der Waals surface area contributed by atoms with Crippen molar-refractivity contribution in [1.82, 2.24) is 0 Å². The normalized spacial score (nSPS) is 10.8. The Morgan fingerprint density at radius 1 is 1.00 bits per heavy atom. The highest BCUT2D eigenvalue weighted by Crippen LogP contribution is 1.69. The highest BCUT2D eigenvalue weighted by molar-refractivity contribution is 4.33. The van der Waals surface area contributed by atoms with Crippen LogP contribution >= 0.6 is 0 Å². The van der Waals surface area contributed by atoms with Crippen LogP contribution in [-0.4, -0.2) is 36.5 Å². The molecule has 3 N–H and O–H groups in total. The molecule has 0 atom stereocenters. The van der Waals surface area contributed by atoms with Gasteiger partial charge >= 0.3 is 0 Å². The predicted octanol–water partition coefficient (Wildman–Crippen LogP) is -1.87. The van der Waals surface area contributed by atoms with Crippen molar-refractivity contribution in [3.8, 4) is 0 Å². The average molecular weight is 149 g/mol. The van der Waals surface area contributed by atoms with Crippen molar-refractivity contribution in [3.05, 3.63) is 5.21 Å². The van der Waals surface area contributed by atoms with E-state index in [0.717, 1.165) is 0 Å². The number of nitrogens with one attached hydrogen (secondary N) is 1. The number of quaternary nitrogens is 1. The van der Waals surface area contributed by atoms with Crippen LogP contribution in [0.5, 0.6) is 0 Å². The van der Waals surface area contributed by atoms with Gasteiger partial charge in [-0.15, -0.1) is 0 Å². The van der Waals surface area contributed by atoms with Crippen molar-refractivity contribution in [1.29, 1.82) is 0 Å². The third-order valence-electron chi connectivity index (χ3n) is 1.23. The van der Waals surface area contributed by atoms with Crippen molar-refractivity contribution < 1.29 is 15.3 Å². The summed E-state index contributed by atoms with van der Waals surface area (Å²) in [5.74, 6) is 0. The molecule has 0 rings (SSSR count). The maximum atomic E-state index is 10.7. The Hall–Kier alpha value is -0.160. The second-order valence-corrected chi connectivity index (χ2v) is 2.19. The minimum Gasteiger partial charge on any atom is -0.634 e. The van der Waals surface area contributed by atoms with Crippen molar-refractivity contribution in [2.45, 2.75) is 12.8 Å². The second-order valence-electron chi connectivity index (χ2n) is 2.19. The monoisotopic (exact) mass is 149 g/mol. The van der Waals surface area contributed by atoms with Crippen LogP contribution in [0.15, 0.2) is 0 Å². The first-order valence-electron chi connectivity index (χ1n) is 3.54. The third-order valence-corrected chi connectivity index (χ3v) is 1.23. The maximum Gasteiger partial charge on any atom is 0.0790 e. The van der Waals surface area contributed by atoms with Crippen LogP contribution in [0.25, 0.3) is 0 Å². The highest BCUT2D eigenvalue weighted by atomic mass is 16.5. The Labute approximate surface area is 60.7 Å². The molecular weight excluding hydrogens is 134 g/mol. The Morgan fingerprint density at radius 3 is 1.70 bits per heavy atom. The topological polar surface area (TPSA) is 68.0 Å². The predicted molar refractivity (Wildman–Crippen MR) is 37.5 cm³/mol. The van der Waals surface area contributed by atoms with Gasteiger partial charge in [0.05, 0.1) is 13.1 Å². The zero-order valence-electron chi connectivity index (χ0n) is 6.05. The number of rotatable bonds is 6. The highest BCUT2D eigenvalue weighted by Gasteiger charge is 1.94. The van der Waals surface area contributed by atoms with Gasteiger partial charge < -0.3 is 20.5 Å². The Kier molecular flexibility index (Phi) is 6.84. The van der Waals surface area contributed by atoms with Crippen molar-refractivity contribution >= 4 is 0 Å². The molecule has 4 heteroatoms. The number of hydrogen-bond donors (Lipinski definition) is 3. The van der Waals surface area contributed by atoms with Gasteiger partial charge in [0.15, 0.2) is 0 Å². The van der Waals surface area contributed by atoms with Gasteiger partial charge in [-0.25, -0.2) is 0 Å². The summed E-state index contributed by atoms with van der Waals surface area (Å²) in [6.07, 6.45) is 1.09. The second kappa shape index (κ2) is 6.95. The van der Waals surface area contributed by atoms with E-state index < -0.39 is 0 Å². The summed E-state index contributed by atoms with van der Waals surface area (Å²) in [6, 6.07) is 0. The lowest BCUT2D eigenvalue weighted by atomic mass is 10.4. The Balaban J connectivity index is 3.00. The minimum atomic E-state index is 0.0743. The molecule has 0 aromatic heterocycles. The van der Waals surface area contributed by atoms with Crippen LogP contribution in [0.1, 0.15) is 12.8 Å². The first-order valence-corrected chi connectivity index (χ1v) is 3.54. The lowest BCUT2D eigenvalue weighted by molar-refractivity contribution is -0.848. The summed E-state index contributed by atoms with van der Waals surface area (Å²) in [4.78, 5) is 0. The molecule has 10 heavy (non-hydrogen) atoms. The third kappa shape index (κ3) is 5.97. The Morgan fingerprint density at radius 2 is 1.40 bits per heavy atom. The van der Waals surface area contributed by atoms with Crippen LogP contribution in [0.2, 0.25) is 0 Å². The van der Waals surface area contributed by atoms with Crippen molar-refractivity contribution in [3.63, 3.8) is 0 Å². The van der Waals surface area contributed by atoms with Gasteiger partial charge in [0.2, 0.25) is 0 Å². The smallest absolute Gasteiger partial charge is 0.0790 e. The fourth-order valence-corrected chi connectivity index (χ4v) is 0.677. The van der Waals surface area contributed by atoms with E-state index in [9.17, 15) is 5.21 Å². The molecule has 0 spiro atoms. The van der Waals surface area contributed by atoms with Crippen molar-refractivity contribution in [2.24, 2.45) is 0 Å². The molecule has 0 unspecified atom stereocenters. The summed E-state index contributed by atoms with van der Waals surface area (Å²) in [6.45, 7) is 1.03. The van der Waals surface area contributed by atoms with Gasteiger partial charge in [0.1, 0.15) is 0 Å². The zero-order valence-corrected chi connectivity index (χ0v) is 6.05.